The second kappa shape index (κ2) is 4.42. The molecule has 1 aliphatic rings. The highest BCUT2D eigenvalue weighted by Crippen LogP contribution is 2.29. The lowest BCUT2D eigenvalue weighted by Crippen LogP contribution is -2.41. The Balaban J connectivity index is 2.77. The molecule has 1 saturated heterocycles. The maximum atomic E-state index is 11.6. The van der Waals surface area contributed by atoms with E-state index in [4.69, 9.17) is 12.2 Å². The molecule has 0 N–H and O–H groups in total. The summed E-state index contributed by atoms with van der Waals surface area (Å²) < 4.78 is 0.755. The fourth-order valence-electron chi connectivity index (χ4n) is 1.38. The van der Waals surface area contributed by atoms with Crippen LogP contribution in [0.2, 0.25) is 0 Å². The van der Waals surface area contributed by atoms with Crippen LogP contribution in [0.4, 0.5) is 0 Å². The highest BCUT2D eigenvalue weighted by atomic mass is 32.2. The van der Waals surface area contributed by atoms with Crippen LogP contribution >= 0.6 is 24.0 Å². The molecule has 4 heteroatoms. The molecular weight excluding hydrogens is 202 g/mol. The van der Waals surface area contributed by atoms with E-state index in [2.05, 4.69) is 13.8 Å². The molecule has 0 aliphatic carbocycles. The molecule has 0 spiro atoms. The Hall–Kier alpha value is -0.0900. The third-order valence-electron chi connectivity index (χ3n) is 2.25. The van der Waals surface area contributed by atoms with Gasteiger partial charge in [0.05, 0.1) is 0 Å². The van der Waals surface area contributed by atoms with Gasteiger partial charge in [0.1, 0.15) is 4.32 Å². The van der Waals surface area contributed by atoms with Gasteiger partial charge < -0.3 is 0 Å². The summed E-state index contributed by atoms with van der Waals surface area (Å²) in [7, 11) is 0. The van der Waals surface area contributed by atoms with Crippen molar-refractivity contribution in [2.75, 3.05) is 5.75 Å². The molecule has 1 unspecified atom stereocenters. The maximum absolute atomic E-state index is 11.6. The summed E-state index contributed by atoms with van der Waals surface area (Å²) in [5.74, 6) is 1.61. The van der Waals surface area contributed by atoms with E-state index in [9.17, 15) is 4.79 Å². The lowest BCUT2D eigenvalue weighted by Gasteiger charge is -2.25. The molecule has 74 valence electrons. The number of amides is 1. The third-order valence-corrected chi connectivity index (χ3v) is 3.75. The Morgan fingerprint density at radius 2 is 2.38 bits per heavy atom. The van der Waals surface area contributed by atoms with Crippen molar-refractivity contribution in [1.29, 1.82) is 0 Å². The summed E-state index contributed by atoms with van der Waals surface area (Å²) in [6, 6.07) is 0.310. The van der Waals surface area contributed by atoms with Crippen molar-refractivity contribution in [2.24, 2.45) is 5.92 Å². The largest absolute Gasteiger partial charge is 0.294 e. The van der Waals surface area contributed by atoms with Gasteiger partial charge in [-0.2, -0.15) is 0 Å². The van der Waals surface area contributed by atoms with Gasteiger partial charge in [-0.3, -0.25) is 9.69 Å². The van der Waals surface area contributed by atoms with Crippen LogP contribution in [0.3, 0.4) is 0 Å². The normalized spacial score (nSPS) is 22.9. The Bertz CT molecular complexity index is 228. The van der Waals surface area contributed by atoms with Crippen molar-refractivity contribution in [3.63, 3.8) is 0 Å². The van der Waals surface area contributed by atoms with E-state index in [1.54, 1.807) is 16.7 Å². The molecule has 13 heavy (non-hydrogen) atoms. The predicted molar refractivity (Wildman–Crippen MR) is 60.8 cm³/mol. The van der Waals surface area contributed by atoms with Gasteiger partial charge in [-0.15, -0.1) is 0 Å². The summed E-state index contributed by atoms with van der Waals surface area (Å²) in [4.78, 5) is 13.4. The van der Waals surface area contributed by atoms with Crippen LogP contribution in [0.1, 0.15) is 27.2 Å². The van der Waals surface area contributed by atoms with Crippen LogP contribution < -0.4 is 0 Å². The van der Waals surface area contributed by atoms with Crippen molar-refractivity contribution in [3.05, 3.63) is 0 Å². The van der Waals surface area contributed by atoms with E-state index < -0.39 is 0 Å². The maximum Gasteiger partial charge on any atom is 0.228 e. The minimum atomic E-state index is 0.161. The van der Waals surface area contributed by atoms with Crippen LogP contribution in [0.5, 0.6) is 0 Å². The average Bonchev–Trinajstić information content (AvgIpc) is 2.46. The van der Waals surface area contributed by atoms with Crippen LogP contribution in [-0.2, 0) is 4.79 Å². The molecule has 1 rings (SSSR count). The zero-order valence-electron chi connectivity index (χ0n) is 8.24. The number of carbonyl (C=O) groups excluding carboxylic acids is 1. The molecule has 1 aliphatic heterocycles. The van der Waals surface area contributed by atoms with E-state index >= 15 is 0 Å². The molecule has 0 aromatic rings. The summed E-state index contributed by atoms with van der Waals surface area (Å²) in [5.41, 5.74) is 0. The highest BCUT2D eigenvalue weighted by Gasteiger charge is 2.34. The average molecular weight is 217 g/mol. The molecule has 1 heterocycles. The van der Waals surface area contributed by atoms with Gasteiger partial charge in [0.15, 0.2) is 0 Å². The van der Waals surface area contributed by atoms with Crippen molar-refractivity contribution >= 4 is 34.2 Å². The lowest BCUT2D eigenvalue weighted by atomic mass is 10.1. The van der Waals surface area contributed by atoms with Gasteiger partial charge in [0.25, 0.3) is 0 Å². The fraction of sp³-hybridized carbons (Fsp3) is 0.778. The fourth-order valence-corrected chi connectivity index (χ4v) is 3.05. The lowest BCUT2D eigenvalue weighted by molar-refractivity contribution is -0.128. The van der Waals surface area contributed by atoms with Gasteiger partial charge >= 0.3 is 0 Å². The minimum Gasteiger partial charge on any atom is -0.294 e. The van der Waals surface area contributed by atoms with Crippen LogP contribution in [-0.4, -0.2) is 26.9 Å². The van der Waals surface area contributed by atoms with E-state index in [-0.39, 0.29) is 5.91 Å². The molecule has 0 bridgehead atoms. The van der Waals surface area contributed by atoms with E-state index in [0.29, 0.717) is 18.4 Å². The SMILES string of the molecule is CCC(=O)N1C(=S)SCC1C(C)C. The standard InChI is InChI=1S/C9H15NOS2/c1-4-8(11)10-7(6(2)3)5-13-9(10)12/h6-7H,4-5H2,1-3H3. The molecule has 1 fully saturated rings. The minimum absolute atomic E-state index is 0.161. The van der Waals surface area contributed by atoms with E-state index in [1.807, 2.05) is 6.92 Å². The Morgan fingerprint density at radius 1 is 1.77 bits per heavy atom. The smallest absolute Gasteiger partial charge is 0.228 e. The highest BCUT2D eigenvalue weighted by molar-refractivity contribution is 8.23. The van der Waals surface area contributed by atoms with Crippen molar-refractivity contribution in [1.82, 2.24) is 4.90 Å². The summed E-state index contributed by atoms with van der Waals surface area (Å²) in [6.45, 7) is 6.15. The number of hydrogen-bond donors (Lipinski definition) is 0. The third kappa shape index (κ3) is 2.23. The molecule has 0 radical (unpaired) electrons. The van der Waals surface area contributed by atoms with Crippen molar-refractivity contribution in [3.8, 4) is 0 Å². The molecule has 1 amide bonds. The number of thiocarbonyl (C=S) groups is 1. The first-order valence-corrected chi connectivity index (χ1v) is 5.96. The summed E-state index contributed by atoms with van der Waals surface area (Å²) in [6.07, 6.45) is 0.546. The van der Waals surface area contributed by atoms with Crippen molar-refractivity contribution in [2.45, 2.75) is 33.2 Å². The predicted octanol–water partition coefficient (Wildman–Crippen LogP) is 2.28. The number of carbonyl (C=O) groups is 1. The van der Waals surface area contributed by atoms with Crippen molar-refractivity contribution < 1.29 is 4.79 Å². The molecule has 1 atom stereocenters. The topological polar surface area (TPSA) is 20.3 Å². The van der Waals surface area contributed by atoms with Gasteiger partial charge in [-0.05, 0) is 5.92 Å². The quantitative estimate of drug-likeness (QED) is 0.662. The van der Waals surface area contributed by atoms with Gasteiger partial charge in [-0.1, -0.05) is 44.8 Å². The van der Waals surface area contributed by atoms with E-state index in [1.165, 1.54) is 0 Å². The molecule has 2 nitrogen and oxygen atoms in total. The van der Waals surface area contributed by atoms with Crippen LogP contribution in [0.25, 0.3) is 0 Å². The molecular formula is C9H15NOS2. The zero-order valence-corrected chi connectivity index (χ0v) is 9.87. The first-order valence-electron chi connectivity index (χ1n) is 4.56. The first-order chi connectivity index (χ1) is 6.07. The number of hydrogen-bond acceptors (Lipinski definition) is 3. The van der Waals surface area contributed by atoms with Gasteiger partial charge in [0.2, 0.25) is 5.91 Å². The van der Waals surface area contributed by atoms with E-state index in [0.717, 1.165) is 10.1 Å². The number of rotatable bonds is 2. The van der Waals surface area contributed by atoms with Crippen LogP contribution in [0.15, 0.2) is 0 Å². The molecule has 0 aromatic heterocycles. The van der Waals surface area contributed by atoms with Gasteiger partial charge in [0, 0.05) is 18.2 Å². The monoisotopic (exact) mass is 217 g/mol. The second-order valence-electron chi connectivity index (χ2n) is 3.51. The second-order valence-corrected chi connectivity index (χ2v) is 5.16. The number of nitrogens with zero attached hydrogens (tertiary/aromatic N) is 1. The number of thioether (sulfide) groups is 1. The summed E-state index contributed by atoms with van der Waals surface area (Å²) >= 11 is 6.77. The Labute approximate surface area is 89.1 Å². The first kappa shape index (κ1) is 11.0. The molecule has 0 saturated carbocycles. The zero-order chi connectivity index (χ0) is 10.0. The molecule has 0 aromatic carbocycles. The van der Waals surface area contributed by atoms with Crippen LogP contribution in [0, 0.1) is 5.92 Å². The Morgan fingerprint density at radius 3 is 2.85 bits per heavy atom. The Kier molecular flexibility index (Phi) is 3.74. The summed E-state index contributed by atoms with van der Waals surface area (Å²) in [5, 5.41) is 0. The van der Waals surface area contributed by atoms with Gasteiger partial charge in [-0.25, -0.2) is 0 Å².